The van der Waals surface area contributed by atoms with Crippen LogP contribution in [0, 0.1) is 0 Å². The maximum atomic E-state index is 12.1. The monoisotopic (exact) mass is 318 g/mol. The first-order valence-electron chi connectivity index (χ1n) is 7.60. The van der Waals surface area contributed by atoms with Crippen molar-refractivity contribution in [2.45, 2.75) is 71.0 Å². The molecular formula is C15H27ClN2O3. The summed E-state index contributed by atoms with van der Waals surface area (Å²) in [5.41, 5.74) is -0.498. The number of nitrogens with zero attached hydrogens (tertiary/aromatic N) is 2. The third-order valence-electron chi connectivity index (χ3n) is 4.12. The van der Waals surface area contributed by atoms with Crippen molar-refractivity contribution in [3.8, 4) is 0 Å². The highest BCUT2D eigenvalue weighted by Gasteiger charge is 2.36. The van der Waals surface area contributed by atoms with Gasteiger partial charge < -0.3 is 10.0 Å². The van der Waals surface area contributed by atoms with E-state index in [-0.39, 0.29) is 23.9 Å². The van der Waals surface area contributed by atoms with Crippen LogP contribution >= 0.6 is 11.6 Å². The number of carbonyl (C=O) groups is 2. The molecule has 0 spiro atoms. The maximum absolute atomic E-state index is 12.1. The predicted octanol–water partition coefficient (Wildman–Crippen LogP) is 3.16. The van der Waals surface area contributed by atoms with E-state index in [0.717, 1.165) is 19.3 Å². The lowest BCUT2D eigenvalue weighted by molar-refractivity contribution is -0.133. The number of carbonyl (C=O) groups excluding carboxylic acids is 1. The Balaban J connectivity index is 2.90. The van der Waals surface area contributed by atoms with Crippen LogP contribution in [-0.2, 0) is 4.79 Å². The summed E-state index contributed by atoms with van der Waals surface area (Å²) in [5.74, 6) is -0.144. The topological polar surface area (TPSA) is 60.9 Å². The van der Waals surface area contributed by atoms with Gasteiger partial charge in [-0.1, -0.05) is 6.92 Å². The number of rotatable bonds is 6. The zero-order valence-electron chi connectivity index (χ0n) is 13.4. The Kier molecular flexibility index (Phi) is 6.32. The van der Waals surface area contributed by atoms with Gasteiger partial charge in [0, 0.05) is 18.1 Å². The van der Waals surface area contributed by atoms with E-state index >= 15 is 0 Å². The third kappa shape index (κ3) is 4.50. The van der Waals surface area contributed by atoms with Gasteiger partial charge in [-0.05, 0) is 46.5 Å². The highest BCUT2D eigenvalue weighted by Crippen LogP contribution is 2.27. The minimum atomic E-state index is -0.943. The zero-order chi connectivity index (χ0) is 16.2. The lowest BCUT2D eigenvalue weighted by Gasteiger charge is -2.44. The second kappa shape index (κ2) is 7.34. The van der Waals surface area contributed by atoms with E-state index in [1.165, 1.54) is 4.90 Å². The summed E-state index contributed by atoms with van der Waals surface area (Å²) in [6, 6.07) is 0.0104. The Morgan fingerprint density at radius 1 is 1.33 bits per heavy atom. The van der Waals surface area contributed by atoms with Crippen molar-refractivity contribution in [2.75, 3.05) is 12.4 Å². The number of amides is 2. The Morgan fingerprint density at radius 3 is 2.19 bits per heavy atom. The van der Waals surface area contributed by atoms with Crippen molar-refractivity contribution >= 4 is 23.6 Å². The largest absolute Gasteiger partial charge is 0.465 e. The molecule has 21 heavy (non-hydrogen) atoms. The molecular weight excluding hydrogens is 292 g/mol. The molecule has 1 N–H and O–H groups in total. The minimum absolute atomic E-state index is 0.0461. The summed E-state index contributed by atoms with van der Waals surface area (Å²) in [4.78, 5) is 26.9. The van der Waals surface area contributed by atoms with E-state index in [1.54, 1.807) is 4.90 Å². The summed E-state index contributed by atoms with van der Waals surface area (Å²) in [7, 11) is 0. The highest BCUT2D eigenvalue weighted by atomic mass is 35.5. The molecule has 1 aliphatic rings. The molecule has 5 nitrogen and oxygen atoms in total. The van der Waals surface area contributed by atoms with Crippen LogP contribution in [0.25, 0.3) is 0 Å². The van der Waals surface area contributed by atoms with Crippen LogP contribution in [0.2, 0.25) is 0 Å². The fourth-order valence-electron chi connectivity index (χ4n) is 2.84. The number of alkyl halides is 1. The maximum Gasteiger partial charge on any atom is 0.408 e. The summed E-state index contributed by atoms with van der Waals surface area (Å²) in [6.45, 7) is 8.01. The summed E-state index contributed by atoms with van der Waals surface area (Å²) < 4.78 is 0. The quantitative estimate of drug-likeness (QED) is 0.765. The fraction of sp³-hybridized carbons (Fsp3) is 0.867. The molecule has 0 radical (unpaired) electrons. The highest BCUT2D eigenvalue weighted by molar-refractivity contribution is 6.27. The molecule has 1 aliphatic carbocycles. The second-order valence-electron chi connectivity index (χ2n) is 6.65. The van der Waals surface area contributed by atoms with Crippen LogP contribution in [-0.4, -0.2) is 57.0 Å². The van der Waals surface area contributed by atoms with Crippen LogP contribution in [0.15, 0.2) is 0 Å². The van der Waals surface area contributed by atoms with E-state index in [2.05, 4.69) is 0 Å². The molecule has 0 bridgehead atoms. The number of carboxylic acid groups (broad SMARTS) is 1. The third-order valence-corrected chi connectivity index (χ3v) is 4.35. The molecule has 2 amide bonds. The van der Waals surface area contributed by atoms with E-state index in [4.69, 9.17) is 11.6 Å². The van der Waals surface area contributed by atoms with E-state index in [0.29, 0.717) is 13.0 Å². The first-order chi connectivity index (χ1) is 9.72. The van der Waals surface area contributed by atoms with Crippen LogP contribution in [0.3, 0.4) is 0 Å². The fourth-order valence-corrected chi connectivity index (χ4v) is 2.99. The Bertz CT molecular complexity index is 378. The van der Waals surface area contributed by atoms with Crippen molar-refractivity contribution in [1.82, 2.24) is 9.80 Å². The molecule has 0 heterocycles. The lowest BCUT2D eigenvalue weighted by atomic mass is 9.90. The first kappa shape index (κ1) is 18.1. The second-order valence-corrected chi connectivity index (χ2v) is 6.92. The molecule has 1 saturated carbocycles. The van der Waals surface area contributed by atoms with Crippen molar-refractivity contribution in [1.29, 1.82) is 0 Å². The van der Waals surface area contributed by atoms with Crippen LogP contribution in [0.1, 0.15) is 53.4 Å². The van der Waals surface area contributed by atoms with Gasteiger partial charge in [-0.3, -0.25) is 9.69 Å². The number of hydrogen-bond acceptors (Lipinski definition) is 2. The number of halogens is 1. The predicted molar refractivity (Wildman–Crippen MR) is 83.8 cm³/mol. The molecule has 1 fully saturated rings. The lowest BCUT2D eigenvalue weighted by Crippen LogP contribution is -2.57. The van der Waals surface area contributed by atoms with E-state index < -0.39 is 11.6 Å². The molecule has 0 aliphatic heterocycles. The van der Waals surface area contributed by atoms with Gasteiger partial charge in [-0.2, -0.15) is 0 Å². The molecule has 0 aromatic rings. The standard InChI is InChI=1S/C15H27ClN2O3/c1-5-11(18(14(20)21)15(2,3)4)10-17(13(19)9-16)12-7-6-8-12/h11-12H,5-10H2,1-4H3,(H,20,21). The van der Waals surface area contributed by atoms with Gasteiger partial charge in [-0.25, -0.2) is 4.79 Å². The normalized spacial score (nSPS) is 17.0. The smallest absolute Gasteiger partial charge is 0.408 e. The molecule has 0 saturated heterocycles. The van der Waals surface area contributed by atoms with Gasteiger partial charge in [0.25, 0.3) is 0 Å². The molecule has 0 aromatic carbocycles. The first-order valence-corrected chi connectivity index (χ1v) is 8.13. The Hall–Kier alpha value is -0.970. The summed E-state index contributed by atoms with van der Waals surface area (Å²) in [5, 5.41) is 9.53. The van der Waals surface area contributed by atoms with Gasteiger partial charge in [-0.15, -0.1) is 11.6 Å². The Morgan fingerprint density at radius 2 is 1.90 bits per heavy atom. The van der Waals surface area contributed by atoms with Gasteiger partial charge in [0.05, 0.1) is 6.04 Å². The minimum Gasteiger partial charge on any atom is -0.465 e. The molecule has 0 aromatic heterocycles. The summed E-state index contributed by atoms with van der Waals surface area (Å²) >= 11 is 5.71. The van der Waals surface area contributed by atoms with Gasteiger partial charge in [0.2, 0.25) is 5.91 Å². The van der Waals surface area contributed by atoms with Gasteiger partial charge in [0.1, 0.15) is 5.88 Å². The molecule has 1 unspecified atom stereocenters. The van der Waals surface area contributed by atoms with Gasteiger partial charge >= 0.3 is 6.09 Å². The molecule has 1 atom stereocenters. The molecule has 122 valence electrons. The number of hydrogen-bond donors (Lipinski definition) is 1. The van der Waals surface area contributed by atoms with Crippen molar-refractivity contribution in [2.24, 2.45) is 0 Å². The van der Waals surface area contributed by atoms with Gasteiger partial charge in [0.15, 0.2) is 0 Å². The van der Waals surface area contributed by atoms with Crippen molar-refractivity contribution < 1.29 is 14.7 Å². The van der Waals surface area contributed by atoms with Crippen LogP contribution in [0.5, 0.6) is 0 Å². The van der Waals surface area contributed by atoms with Crippen molar-refractivity contribution in [3.63, 3.8) is 0 Å². The zero-order valence-corrected chi connectivity index (χ0v) is 14.2. The average Bonchev–Trinajstić information content (AvgIpc) is 2.31. The van der Waals surface area contributed by atoms with Crippen molar-refractivity contribution in [3.05, 3.63) is 0 Å². The Labute approximate surface area is 132 Å². The van der Waals surface area contributed by atoms with Crippen LogP contribution < -0.4 is 0 Å². The SMILES string of the molecule is CCC(CN(C(=O)CCl)C1CCC1)N(C(=O)O)C(C)(C)C. The van der Waals surface area contributed by atoms with E-state index in [9.17, 15) is 14.7 Å². The van der Waals surface area contributed by atoms with E-state index in [1.807, 2.05) is 27.7 Å². The van der Waals surface area contributed by atoms with Crippen LogP contribution in [0.4, 0.5) is 4.79 Å². The molecule has 1 rings (SSSR count). The average molecular weight is 319 g/mol. The summed E-state index contributed by atoms with van der Waals surface area (Å²) in [6.07, 6.45) is 2.82. The molecule has 6 heteroatoms.